The van der Waals surface area contributed by atoms with Crippen LogP contribution < -0.4 is 5.73 Å². The number of nitrogens with one attached hydrogen (secondary N) is 1. The summed E-state index contributed by atoms with van der Waals surface area (Å²) in [4.78, 5) is 0. The summed E-state index contributed by atoms with van der Waals surface area (Å²) >= 11 is 0. The quantitative estimate of drug-likeness (QED) is 0.828. The average Bonchev–Trinajstić information content (AvgIpc) is 2.68. The Morgan fingerprint density at radius 1 is 1.22 bits per heavy atom. The van der Waals surface area contributed by atoms with Gasteiger partial charge in [0.15, 0.2) is 17.5 Å². The van der Waals surface area contributed by atoms with Crippen LogP contribution in [0, 0.1) is 17.5 Å². The van der Waals surface area contributed by atoms with Crippen molar-refractivity contribution >= 4 is 5.82 Å². The predicted octanol–water partition coefficient (Wildman–Crippen LogP) is 3.03. The van der Waals surface area contributed by atoms with E-state index in [-0.39, 0.29) is 11.4 Å². The van der Waals surface area contributed by atoms with Crippen molar-refractivity contribution in [1.29, 1.82) is 0 Å². The summed E-state index contributed by atoms with van der Waals surface area (Å²) in [6.45, 7) is 1.95. The zero-order valence-electron chi connectivity index (χ0n) is 9.73. The maximum atomic E-state index is 13.2. The molecule has 0 atom stereocenters. The smallest absolute Gasteiger partial charge is 0.194 e. The van der Waals surface area contributed by atoms with Crippen LogP contribution in [0.5, 0.6) is 0 Å². The van der Waals surface area contributed by atoms with E-state index in [1.54, 1.807) is 0 Å². The SMILES string of the molecule is CCCc1c(N)n[nH]c1-c1cc(F)c(F)c(F)c1. The van der Waals surface area contributed by atoms with Crippen molar-refractivity contribution in [2.75, 3.05) is 5.73 Å². The molecule has 0 spiro atoms. The Morgan fingerprint density at radius 2 is 1.83 bits per heavy atom. The summed E-state index contributed by atoms with van der Waals surface area (Å²) in [5.74, 6) is -3.67. The van der Waals surface area contributed by atoms with Crippen LogP contribution >= 0.6 is 0 Å². The molecule has 1 aromatic carbocycles. The van der Waals surface area contributed by atoms with Crippen LogP contribution in [0.3, 0.4) is 0 Å². The van der Waals surface area contributed by atoms with Crippen LogP contribution in [0.1, 0.15) is 18.9 Å². The second-order valence-electron chi connectivity index (χ2n) is 3.97. The highest BCUT2D eigenvalue weighted by Gasteiger charge is 2.16. The second-order valence-corrected chi connectivity index (χ2v) is 3.97. The molecular weight excluding hydrogens is 243 g/mol. The number of halogens is 3. The summed E-state index contributed by atoms with van der Waals surface area (Å²) in [5.41, 5.74) is 6.97. The van der Waals surface area contributed by atoms with Gasteiger partial charge in [-0.3, -0.25) is 5.10 Å². The first-order valence-electron chi connectivity index (χ1n) is 5.52. The fourth-order valence-electron chi connectivity index (χ4n) is 1.82. The van der Waals surface area contributed by atoms with Gasteiger partial charge >= 0.3 is 0 Å². The summed E-state index contributed by atoms with van der Waals surface area (Å²) in [6.07, 6.45) is 1.43. The highest BCUT2D eigenvalue weighted by atomic mass is 19.2. The van der Waals surface area contributed by atoms with Gasteiger partial charge in [-0.2, -0.15) is 5.10 Å². The normalized spacial score (nSPS) is 10.9. The maximum Gasteiger partial charge on any atom is 0.194 e. The van der Waals surface area contributed by atoms with Crippen molar-refractivity contribution in [3.05, 3.63) is 35.1 Å². The van der Waals surface area contributed by atoms with Crippen molar-refractivity contribution in [2.45, 2.75) is 19.8 Å². The molecule has 0 radical (unpaired) electrons. The van der Waals surface area contributed by atoms with Crippen LogP contribution in [-0.4, -0.2) is 10.2 Å². The Balaban J connectivity index is 2.55. The number of nitrogens with two attached hydrogens (primary N) is 1. The molecule has 1 heterocycles. The van der Waals surface area contributed by atoms with E-state index in [1.165, 1.54) is 0 Å². The molecule has 2 aromatic rings. The van der Waals surface area contributed by atoms with Gasteiger partial charge in [0, 0.05) is 11.1 Å². The van der Waals surface area contributed by atoms with Crippen molar-refractivity contribution in [1.82, 2.24) is 10.2 Å². The number of nitrogen functional groups attached to an aromatic ring is 1. The Bertz CT molecular complexity index is 555. The van der Waals surface area contributed by atoms with Gasteiger partial charge in [-0.25, -0.2) is 13.2 Å². The molecule has 0 aliphatic carbocycles. The molecule has 0 fully saturated rings. The molecule has 0 saturated carbocycles. The van der Waals surface area contributed by atoms with Gasteiger partial charge in [0.05, 0.1) is 5.69 Å². The van der Waals surface area contributed by atoms with E-state index in [9.17, 15) is 13.2 Å². The summed E-state index contributed by atoms with van der Waals surface area (Å²) in [7, 11) is 0. The molecule has 0 unspecified atom stereocenters. The average molecular weight is 255 g/mol. The summed E-state index contributed by atoms with van der Waals surface area (Å²) in [6, 6.07) is 1.84. The van der Waals surface area contributed by atoms with E-state index < -0.39 is 17.5 Å². The predicted molar refractivity (Wildman–Crippen MR) is 62.3 cm³/mol. The first-order chi connectivity index (χ1) is 8.54. The molecule has 18 heavy (non-hydrogen) atoms. The van der Waals surface area contributed by atoms with E-state index in [2.05, 4.69) is 10.2 Å². The first kappa shape index (κ1) is 12.5. The number of hydrogen-bond donors (Lipinski definition) is 2. The van der Waals surface area contributed by atoms with Crippen molar-refractivity contribution < 1.29 is 13.2 Å². The molecule has 6 heteroatoms. The highest BCUT2D eigenvalue weighted by Crippen LogP contribution is 2.28. The van der Waals surface area contributed by atoms with E-state index in [1.807, 2.05) is 6.92 Å². The second kappa shape index (κ2) is 4.72. The van der Waals surface area contributed by atoms with Crippen LogP contribution in [0.4, 0.5) is 19.0 Å². The Morgan fingerprint density at radius 3 is 2.39 bits per heavy atom. The Kier molecular flexibility index (Phi) is 3.27. The number of anilines is 1. The number of H-pyrrole nitrogens is 1. The van der Waals surface area contributed by atoms with Gasteiger partial charge in [-0.05, 0) is 18.6 Å². The molecule has 1 aromatic heterocycles. The number of rotatable bonds is 3. The molecule has 0 aliphatic rings. The molecule has 3 N–H and O–H groups in total. The van der Waals surface area contributed by atoms with E-state index in [0.717, 1.165) is 18.6 Å². The highest BCUT2D eigenvalue weighted by molar-refractivity contribution is 5.68. The van der Waals surface area contributed by atoms with Crippen LogP contribution in [0.25, 0.3) is 11.3 Å². The molecule has 0 aliphatic heterocycles. The number of aromatic amines is 1. The lowest BCUT2D eigenvalue weighted by Crippen LogP contribution is -1.95. The molecule has 0 bridgehead atoms. The minimum atomic E-state index is -1.48. The van der Waals surface area contributed by atoms with Gasteiger partial charge in [-0.1, -0.05) is 13.3 Å². The number of aromatic nitrogens is 2. The summed E-state index contributed by atoms with van der Waals surface area (Å²) < 4.78 is 39.2. The third-order valence-corrected chi connectivity index (χ3v) is 2.67. The summed E-state index contributed by atoms with van der Waals surface area (Å²) in [5, 5.41) is 6.43. The molecule has 0 saturated heterocycles. The standard InChI is InChI=1S/C12H12F3N3/c1-2-3-7-11(17-18-12(7)16)6-4-8(13)10(15)9(14)5-6/h4-5H,2-3H2,1H3,(H3,16,17,18). The van der Waals surface area contributed by atoms with Crippen molar-refractivity contribution in [3.8, 4) is 11.3 Å². The Labute approximate surface area is 102 Å². The third-order valence-electron chi connectivity index (χ3n) is 2.67. The van der Waals surface area contributed by atoms with Crippen LogP contribution in [0.15, 0.2) is 12.1 Å². The fraction of sp³-hybridized carbons (Fsp3) is 0.250. The molecule has 0 amide bonds. The molecule has 3 nitrogen and oxygen atoms in total. The van der Waals surface area contributed by atoms with Gasteiger partial charge in [0.1, 0.15) is 5.82 Å². The first-order valence-corrected chi connectivity index (χ1v) is 5.52. The lowest BCUT2D eigenvalue weighted by Gasteiger charge is -2.04. The minimum Gasteiger partial charge on any atom is -0.382 e. The third kappa shape index (κ3) is 2.05. The van der Waals surface area contributed by atoms with E-state index >= 15 is 0 Å². The lowest BCUT2D eigenvalue weighted by molar-refractivity contribution is 0.447. The number of hydrogen-bond acceptors (Lipinski definition) is 2. The van der Waals surface area contributed by atoms with Gasteiger partial charge in [-0.15, -0.1) is 0 Å². The zero-order chi connectivity index (χ0) is 13.3. The number of benzene rings is 1. The zero-order valence-corrected chi connectivity index (χ0v) is 9.73. The lowest BCUT2D eigenvalue weighted by atomic mass is 10.0. The monoisotopic (exact) mass is 255 g/mol. The largest absolute Gasteiger partial charge is 0.382 e. The molecule has 96 valence electrons. The van der Waals surface area contributed by atoms with Gasteiger partial charge in [0.2, 0.25) is 0 Å². The van der Waals surface area contributed by atoms with Gasteiger partial charge < -0.3 is 5.73 Å². The van der Waals surface area contributed by atoms with Crippen molar-refractivity contribution in [2.24, 2.45) is 0 Å². The number of nitrogens with zero attached hydrogens (tertiary/aromatic N) is 1. The Hall–Kier alpha value is -1.98. The molecule has 2 rings (SSSR count). The van der Waals surface area contributed by atoms with Crippen molar-refractivity contribution in [3.63, 3.8) is 0 Å². The maximum absolute atomic E-state index is 13.2. The molecular formula is C12H12F3N3. The van der Waals surface area contributed by atoms with Crippen LogP contribution in [-0.2, 0) is 6.42 Å². The fourth-order valence-corrected chi connectivity index (χ4v) is 1.82. The van der Waals surface area contributed by atoms with Gasteiger partial charge in [0.25, 0.3) is 0 Å². The minimum absolute atomic E-state index is 0.194. The van der Waals surface area contributed by atoms with E-state index in [4.69, 9.17) is 5.73 Å². The topological polar surface area (TPSA) is 54.7 Å². The van der Waals surface area contributed by atoms with E-state index in [0.29, 0.717) is 17.7 Å². The van der Waals surface area contributed by atoms with Crippen LogP contribution in [0.2, 0.25) is 0 Å².